The lowest BCUT2D eigenvalue weighted by Gasteiger charge is -1.97. The molecule has 6 nitrogen and oxygen atoms in total. The first kappa shape index (κ1) is 9.76. The number of hydrogen-bond acceptors (Lipinski definition) is 3. The second kappa shape index (κ2) is 4.06. The predicted octanol–water partition coefficient (Wildman–Crippen LogP) is 2.88. The van der Waals surface area contributed by atoms with Crippen molar-refractivity contribution in [3.63, 3.8) is 0 Å². The van der Waals surface area contributed by atoms with Crippen LogP contribution in [0.4, 0.5) is 5.69 Å². The Balaban J connectivity index is 2.99. The van der Waals surface area contributed by atoms with E-state index in [0.29, 0.717) is 5.56 Å². The first-order chi connectivity index (χ1) is 6.65. The van der Waals surface area contributed by atoms with Crippen molar-refractivity contribution in [1.82, 2.24) is 0 Å². The molecule has 0 aliphatic rings. The molecule has 0 saturated heterocycles. The van der Waals surface area contributed by atoms with Crippen molar-refractivity contribution >= 4 is 11.4 Å². The highest BCUT2D eigenvalue weighted by Gasteiger charge is 2.04. The van der Waals surface area contributed by atoms with E-state index in [9.17, 15) is 10.1 Å². The Morgan fingerprint density at radius 3 is 2.50 bits per heavy atom. The summed E-state index contributed by atoms with van der Waals surface area (Å²) in [4.78, 5) is 12.4. The van der Waals surface area contributed by atoms with E-state index in [2.05, 4.69) is 16.6 Å². The molecule has 0 saturated carbocycles. The highest BCUT2D eigenvalue weighted by Crippen LogP contribution is 2.18. The quantitative estimate of drug-likeness (QED) is 0.241. The standard InChI is InChI=1S/C8H6N4O2/c1-6(10-11-9)7-2-4-8(5-3-7)12(13)14/h2-5H,1H2. The van der Waals surface area contributed by atoms with E-state index in [4.69, 9.17) is 5.53 Å². The summed E-state index contributed by atoms with van der Waals surface area (Å²) in [5.41, 5.74) is 8.92. The Morgan fingerprint density at radius 1 is 1.50 bits per heavy atom. The molecule has 0 N–H and O–H groups in total. The summed E-state index contributed by atoms with van der Waals surface area (Å²) in [7, 11) is 0. The van der Waals surface area contributed by atoms with E-state index >= 15 is 0 Å². The topological polar surface area (TPSA) is 91.9 Å². The Labute approximate surface area is 79.3 Å². The third kappa shape index (κ3) is 2.09. The van der Waals surface area contributed by atoms with Crippen molar-refractivity contribution in [2.45, 2.75) is 0 Å². The highest BCUT2D eigenvalue weighted by molar-refractivity contribution is 5.63. The summed E-state index contributed by atoms with van der Waals surface area (Å²) < 4.78 is 0. The van der Waals surface area contributed by atoms with Gasteiger partial charge in [-0.3, -0.25) is 10.1 Å². The second-order valence-electron chi connectivity index (χ2n) is 2.44. The number of benzene rings is 1. The van der Waals surface area contributed by atoms with E-state index in [0.717, 1.165) is 0 Å². The first-order valence-corrected chi connectivity index (χ1v) is 3.64. The van der Waals surface area contributed by atoms with Crippen molar-refractivity contribution in [3.8, 4) is 0 Å². The fourth-order valence-corrected chi connectivity index (χ4v) is 0.887. The van der Waals surface area contributed by atoms with Crippen LogP contribution in [0.15, 0.2) is 36.0 Å². The van der Waals surface area contributed by atoms with E-state index in [1.165, 1.54) is 24.3 Å². The van der Waals surface area contributed by atoms with E-state index in [1.54, 1.807) is 0 Å². The van der Waals surface area contributed by atoms with Crippen LogP contribution in [-0.4, -0.2) is 4.92 Å². The number of rotatable bonds is 3. The van der Waals surface area contributed by atoms with Gasteiger partial charge in [0.25, 0.3) is 5.69 Å². The van der Waals surface area contributed by atoms with Crippen molar-refractivity contribution in [1.29, 1.82) is 0 Å². The molecule has 0 aromatic heterocycles. The molecule has 0 atom stereocenters. The van der Waals surface area contributed by atoms with Crippen LogP contribution >= 0.6 is 0 Å². The summed E-state index contributed by atoms with van der Waals surface area (Å²) in [5, 5.41) is 13.6. The lowest BCUT2D eigenvalue weighted by molar-refractivity contribution is -0.384. The Morgan fingerprint density at radius 2 is 2.07 bits per heavy atom. The fraction of sp³-hybridized carbons (Fsp3) is 0. The molecule has 0 unspecified atom stereocenters. The third-order valence-corrected chi connectivity index (χ3v) is 1.58. The minimum atomic E-state index is -0.500. The maximum Gasteiger partial charge on any atom is 0.269 e. The number of hydrogen-bond donors (Lipinski definition) is 0. The Bertz CT molecular complexity index is 417. The first-order valence-electron chi connectivity index (χ1n) is 3.64. The molecule has 0 aliphatic heterocycles. The lowest BCUT2D eigenvalue weighted by atomic mass is 10.2. The molecule has 70 valence electrons. The largest absolute Gasteiger partial charge is 0.269 e. The van der Waals surface area contributed by atoms with Crippen LogP contribution in [0.3, 0.4) is 0 Å². The molecule has 1 aromatic carbocycles. The smallest absolute Gasteiger partial charge is 0.258 e. The van der Waals surface area contributed by atoms with Gasteiger partial charge in [0.1, 0.15) is 0 Å². The Kier molecular flexibility index (Phi) is 2.83. The number of azide groups is 1. The van der Waals surface area contributed by atoms with E-state index < -0.39 is 4.92 Å². The van der Waals surface area contributed by atoms with Crippen molar-refractivity contribution in [2.75, 3.05) is 0 Å². The molecule has 1 rings (SSSR count). The van der Waals surface area contributed by atoms with Crippen LogP contribution in [0.5, 0.6) is 0 Å². The van der Waals surface area contributed by atoms with Gasteiger partial charge >= 0.3 is 0 Å². The van der Waals surface area contributed by atoms with Gasteiger partial charge in [0, 0.05) is 22.7 Å². The van der Waals surface area contributed by atoms with Gasteiger partial charge in [-0.2, -0.15) is 0 Å². The zero-order chi connectivity index (χ0) is 10.6. The summed E-state index contributed by atoms with van der Waals surface area (Å²) in [6, 6.07) is 5.62. The summed E-state index contributed by atoms with van der Waals surface area (Å²) >= 11 is 0. The highest BCUT2D eigenvalue weighted by atomic mass is 16.6. The summed E-state index contributed by atoms with van der Waals surface area (Å²) in [6.45, 7) is 3.50. The Hall–Kier alpha value is -2.33. The predicted molar refractivity (Wildman–Crippen MR) is 51.3 cm³/mol. The van der Waals surface area contributed by atoms with Crippen molar-refractivity contribution < 1.29 is 4.92 Å². The van der Waals surface area contributed by atoms with Crippen molar-refractivity contribution in [3.05, 3.63) is 57.0 Å². The maximum atomic E-state index is 10.3. The summed E-state index contributed by atoms with van der Waals surface area (Å²) in [6.07, 6.45) is 0. The molecule has 0 radical (unpaired) electrons. The van der Waals surface area contributed by atoms with Crippen LogP contribution < -0.4 is 0 Å². The maximum absolute atomic E-state index is 10.3. The number of nitrogens with zero attached hydrogens (tertiary/aromatic N) is 4. The molecule has 0 fully saturated rings. The number of non-ortho nitro benzene ring substituents is 1. The monoisotopic (exact) mass is 190 g/mol. The number of nitro groups is 1. The van der Waals surface area contributed by atoms with E-state index in [1.807, 2.05) is 0 Å². The van der Waals surface area contributed by atoms with Gasteiger partial charge in [-0.15, -0.1) is 0 Å². The molecule has 1 aromatic rings. The van der Waals surface area contributed by atoms with Crippen LogP contribution in [0.25, 0.3) is 16.1 Å². The van der Waals surface area contributed by atoms with Gasteiger partial charge in [-0.25, -0.2) is 0 Å². The molecule has 6 heteroatoms. The van der Waals surface area contributed by atoms with Gasteiger partial charge < -0.3 is 0 Å². The summed E-state index contributed by atoms with van der Waals surface area (Å²) in [5.74, 6) is 0. The van der Waals surface area contributed by atoms with Gasteiger partial charge in [0.2, 0.25) is 0 Å². The third-order valence-electron chi connectivity index (χ3n) is 1.58. The molecular formula is C8H6N4O2. The van der Waals surface area contributed by atoms with Crippen molar-refractivity contribution in [2.24, 2.45) is 5.11 Å². The average molecular weight is 190 g/mol. The minimum absolute atomic E-state index is 0.0116. The number of nitro benzene ring substituents is 1. The second-order valence-corrected chi connectivity index (χ2v) is 2.44. The van der Waals surface area contributed by atoms with Gasteiger partial charge in [-0.1, -0.05) is 11.7 Å². The zero-order valence-electron chi connectivity index (χ0n) is 7.12. The molecule has 14 heavy (non-hydrogen) atoms. The fourth-order valence-electron chi connectivity index (χ4n) is 0.887. The average Bonchev–Trinajstić information content (AvgIpc) is 2.18. The van der Waals surface area contributed by atoms with Crippen LogP contribution in [0, 0.1) is 10.1 Å². The van der Waals surface area contributed by atoms with Crippen LogP contribution in [0.1, 0.15) is 5.56 Å². The molecule has 0 amide bonds. The molecular weight excluding hydrogens is 184 g/mol. The van der Waals surface area contributed by atoms with Gasteiger partial charge in [0.05, 0.1) is 4.92 Å². The van der Waals surface area contributed by atoms with Gasteiger partial charge in [-0.05, 0) is 23.2 Å². The molecule has 0 aliphatic carbocycles. The SMILES string of the molecule is C=C(N=[N+]=[N-])c1ccc([N+](=O)[O-])cc1. The molecule has 0 bridgehead atoms. The lowest BCUT2D eigenvalue weighted by Crippen LogP contribution is -1.87. The van der Waals surface area contributed by atoms with E-state index in [-0.39, 0.29) is 11.4 Å². The zero-order valence-corrected chi connectivity index (χ0v) is 7.12. The minimum Gasteiger partial charge on any atom is -0.258 e. The van der Waals surface area contributed by atoms with Crippen LogP contribution in [0.2, 0.25) is 0 Å². The molecule has 0 spiro atoms. The van der Waals surface area contributed by atoms with Crippen LogP contribution in [-0.2, 0) is 0 Å². The van der Waals surface area contributed by atoms with Gasteiger partial charge in [0.15, 0.2) is 0 Å². The normalized spacial score (nSPS) is 8.86. The molecule has 0 heterocycles.